The fourth-order valence-corrected chi connectivity index (χ4v) is 6.89. The summed E-state index contributed by atoms with van der Waals surface area (Å²) < 4.78 is 26.5. The van der Waals surface area contributed by atoms with E-state index in [0.717, 1.165) is 55.5 Å². The zero-order valence-electron chi connectivity index (χ0n) is 29.6. The van der Waals surface area contributed by atoms with Gasteiger partial charge in [-0.2, -0.15) is 9.97 Å². The van der Waals surface area contributed by atoms with Crippen molar-refractivity contribution >= 4 is 24.2 Å². The third kappa shape index (κ3) is 7.29. The van der Waals surface area contributed by atoms with Gasteiger partial charge in [-0.05, 0) is 88.9 Å². The van der Waals surface area contributed by atoms with E-state index in [1.807, 2.05) is 66.7 Å². The third-order valence-corrected chi connectivity index (χ3v) is 10.4. The molecule has 1 atom stereocenters. The van der Waals surface area contributed by atoms with Crippen molar-refractivity contribution in [2.45, 2.75) is 38.4 Å². The minimum absolute atomic E-state index is 0.149. The molecule has 0 radical (unpaired) electrons. The molecule has 1 aliphatic heterocycles. The molecule has 0 aliphatic carbocycles. The fraction of sp³-hybridized carbons (Fsp3) is 0.133. The van der Waals surface area contributed by atoms with E-state index in [2.05, 4.69) is 91.4 Å². The van der Waals surface area contributed by atoms with Gasteiger partial charge in [-0.15, -0.1) is 0 Å². The lowest BCUT2D eigenvalue weighted by atomic mass is 9.78. The van der Waals surface area contributed by atoms with Crippen LogP contribution >= 0.6 is 11.6 Å². The van der Waals surface area contributed by atoms with E-state index in [9.17, 15) is 4.39 Å². The number of nitrogens with zero attached hydrogens (tertiary/aromatic N) is 3. The van der Waals surface area contributed by atoms with E-state index in [1.54, 1.807) is 12.1 Å². The first-order chi connectivity index (χ1) is 25.6. The van der Waals surface area contributed by atoms with E-state index < -0.39 is 18.3 Å². The van der Waals surface area contributed by atoms with Crippen LogP contribution in [0.1, 0.15) is 26.3 Å². The summed E-state index contributed by atoms with van der Waals surface area (Å²) in [7, 11) is -0.495. The first-order valence-corrected chi connectivity index (χ1v) is 18.0. The van der Waals surface area contributed by atoms with Crippen LogP contribution in [-0.4, -0.2) is 33.3 Å². The number of hydrogen-bond donors (Lipinski definition) is 0. The Morgan fingerprint density at radius 3 is 1.43 bits per heavy atom. The lowest BCUT2D eigenvalue weighted by Gasteiger charge is -2.36. The van der Waals surface area contributed by atoms with E-state index in [1.165, 1.54) is 12.1 Å². The minimum Gasteiger partial charge on any atom is -0.399 e. The molecule has 8 rings (SSSR count). The Bertz CT molecular complexity index is 2360. The summed E-state index contributed by atoms with van der Waals surface area (Å²) in [5.41, 5.74) is 9.12. The van der Waals surface area contributed by atoms with Gasteiger partial charge in [0.25, 0.3) is 0 Å². The second kappa shape index (κ2) is 14.2. The summed E-state index contributed by atoms with van der Waals surface area (Å²) >= 11 is 6.39. The lowest BCUT2D eigenvalue weighted by molar-refractivity contribution is -0.00876. The molecule has 6 aromatic carbocycles. The Morgan fingerprint density at radius 1 is 0.509 bits per heavy atom. The van der Waals surface area contributed by atoms with Crippen molar-refractivity contribution in [3.63, 3.8) is 0 Å². The Kier molecular flexibility index (Phi) is 9.25. The van der Waals surface area contributed by atoms with Gasteiger partial charge in [0.2, 0.25) is 5.28 Å². The number of rotatable bonds is 8. The molecular formula is C45H36BClFN3O2. The normalized spacial score (nSPS) is 16.5. The van der Waals surface area contributed by atoms with Crippen molar-refractivity contribution in [3.8, 4) is 56.2 Å². The highest BCUT2D eigenvalue weighted by Crippen LogP contribution is 2.40. The molecule has 53 heavy (non-hydrogen) atoms. The number of benzene rings is 6. The molecule has 260 valence electrons. The Labute approximate surface area is 314 Å². The van der Waals surface area contributed by atoms with Crippen LogP contribution in [0.4, 0.5) is 4.39 Å². The average molecular weight is 716 g/mol. The zero-order chi connectivity index (χ0) is 36.6. The SMILES string of the molecule is CC1(C)OB(c2ccc(-c3ccc(F)cc3)cc2)OC1(C)Cc1ccc(-c2ccc(-c3nc(Cl)nc(-c4ccc(-c5ccccc5)cc4)n3)cc2)cc1. The van der Waals surface area contributed by atoms with Crippen LogP contribution in [0.15, 0.2) is 152 Å². The highest BCUT2D eigenvalue weighted by atomic mass is 35.5. The summed E-state index contributed by atoms with van der Waals surface area (Å²) in [5.74, 6) is 0.799. The number of hydrogen-bond acceptors (Lipinski definition) is 5. The van der Waals surface area contributed by atoms with Gasteiger partial charge < -0.3 is 9.31 Å². The topological polar surface area (TPSA) is 57.1 Å². The van der Waals surface area contributed by atoms with Crippen LogP contribution in [0.25, 0.3) is 56.2 Å². The summed E-state index contributed by atoms with van der Waals surface area (Å²) in [6.07, 6.45) is 0.681. The van der Waals surface area contributed by atoms with Crippen LogP contribution in [0.3, 0.4) is 0 Å². The molecule has 0 spiro atoms. The van der Waals surface area contributed by atoms with Crippen LogP contribution in [0, 0.1) is 5.82 Å². The summed E-state index contributed by atoms with van der Waals surface area (Å²) in [6, 6.07) is 49.7. The largest absolute Gasteiger partial charge is 0.494 e. The van der Waals surface area contributed by atoms with Gasteiger partial charge in [-0.25, -0.2) is 9.37 Å². The molecule has 1 aromatic heterocycles. The Morgan fingerprint density at radius 2 is 0.925 bits per heavy atom. The van der Waals surface area contributed by atoms with Crippen molar-refractivity contribution in [1.82, 2.24) is 15.0 Å². The molecule has 1 aliphatic rings. The quantitative estimate of drug-likeness (QED) is 0.147. The lowest BCUT2D eigenvalue weighted by Crippen LogP contribution is -2.46. The molecular weight excluding hydrogens is 680 g/mol. The van der Waals surface area contributed by atoms with Crippen molar-refractivity contribution in [1.29, 1.82) is 0 Å². The van der Waals surface area contributed by atoms with Gasteiger partial charge in [0.1, 0.15) is 5.82 Å². The second-order valence-corrected chi connectivity index (χ2v) is 14.4. The zero-order valence-corrected chi connectivity index (χ0v) is 30.4. The molecule has 7 aromatic rings. The van der Waals surface area contributed by atoms with Gasteiger partial charge in [-0.3, -0.25) is 0 Å². The monoisotopic (exact) mass is 715 g/mol. The van der Waals surface area contributed by atoms with Crippen molar-refractivity contribution in [3.05, 3.63) is 168 Å². The predicted octanol–water partition coefficient (Wildman–Crippen LogP) is 10.5. The summed E-state index contributed by atoms with van der Waals surface area (Å²) in [5, 5.41) is 0.149. The van der Waals surface area contributed by atoms with Crippen LogP contribution in [-0.2, 0) is 15.7 Å². The minimum atomic E-state index is -0.564. The van der Waals surface area contributed by atoms with E-state index in [4.69, 9.17) is 25.9 Å². The maximum absolute atomic E-state index is 13.4. The van der Waals surface area contributed by atoms with E-state index in [-0.39, 0.29) is 11.1 Å². The maximum Gasteiger partial charge on any atom is 0.494 e. The fourth-order valence-electron chi connectivity index (χ4n) is 6.73. The standard InChI is InChI=1S/C45H36BClFN3O2/c1-44(2)45(3,53-46(52-44)39-25-21-35(22-26-39)36-23-27-40(48)28-24-36)29-30-9-11-32(12-10-30)34-15-19-38(20-16-34)42-49-41(50-43(47)51-42)37-17-13-33(14-18-37)31-7-5-4-6-8-31/h4-28H,29H2,1-3H3. The molecule has 0 saturated carbocycles. The molecule has 2 heterocycles. The van der Waals surface area contributed by atoms with Crippen molar-refractivity contribution in [2.24, 2.45) is 0 Å². The van der Waals surface area contributed by atoms with Crippen molar-refractivity contribution < 1.29 is 13.7 Å². The first-order valence-electron chi connectivity index (χ1n) is 17.6. The first kappa shape index (κ1) is 34.6. The second-order valence-electron chi connectivity index (χ2n) is 14.1. The Hall–Kier alpha value is -5.47. The van der Waals surface area contributed by atoms with Gasteiger partial charge >= 0.3 is 7.12 Å². The molecule has 1 unspecified atom stereocenters. The molecule has 1 saturated heterocycles. The average Bonchev–Trinajstić information content (AvgIpc) is 3.43. The number of halogens is 2. The Balaban J connectivity index is 0.942. The van der Waals surface area contributed by atoms with E-state index in [0.29, 0.717) is 18.1 Å². The summed E-state index contributed by atoms with van der Waals surface area (Å²) in [6.45, 7) is 6.28. The van der Waals surface area contributed by atoms with Gasteiger partial charge in [-0.1, -0.05) is 140 Å². The molecule has 5 nitrogen and oxygen atoms in total. The molecule has 0 N–H and O–H groups in total. The summed E-state index contributed by atoms with van der Waals surface area (Å²) in [4.78, 5) is 13.6. The predicted molar refractivity (Wildman–Crippen MR) is 212 cm³/mol. The van der Waals surface area contributed by atoms with Crippen LogP contribution < -0.4 is 5.46 Å². The van der Waals surface area contributed by atoms with Crippen molar-refractivity contribution in [2.75, 3.05) is 0 Å². The van der Waals surface area contributed by atoms with E-state index >= 15 is 0 Å². The third-order valence-electron chi connectivity index (χ3n) is 10.2. The van der Waals surface area contributed by atoms with Gasteiger partial charge in [0.15, 0.2) is 11.6 Å². The molecule has 0 bridgehead atoms. The molecule has 0 amide bonds. The van der Waals surface area contributed by atoms with Crippen LogP contribution in [0.2, 0.25) is 5.28 Å². The molecule has 8 heteroatoms. The smallest absolute Gasteiger partial charge is 0.399 e. The number of aromatic nitrogens is 3. The van der Waals surface area contributed by atoms with Crippen LogP contribution in [0.5, 0.6) is 0 Å². The molecule has 1 fully saturated rings. The van der Waals surface area contributed by atoms with Gasteiger partial charge in [0.05, 0.1) is 11.2 Å². The highest BCUT2D eigenvalue weighted by Gasteiger charge is 2.54. The van der Waals surface area contributed by atoms with Gasteiger partial charge in [0, 0.05) is 17.5 Å². The highest BCUT2D eigenvalue weighted by molar-refractivity contribution is 6.62. The maximum atomic E-state index is 13.4.